The number of hydrogen-bond donors (Lipinski definition) is 2. The predicted octanol–water partition coefficient (Wildman–Crippen LogP) is 1.68. The smallest absolute Gasteiger partial charge is 0.123 e. The standard InChI is InChI=1S/C10H13FN2.2ClH/c11-8-3-1-2-7(4-8)9-5-13-6-10(9)12;;/h1-4,9-10,13H,5-6,12H2;2*1H. The average molecular weight is 253 g/mol. The lowest BCUT2D eigenvalue weighted by Gasteiger charge is -2.14. The van der Waals surface area contributed by atoms with Gasteiger partial charge < -0.3 is 11.1 Å². The SMILES string of the molecule is Cl.Cl.NC1CNCC1c1cccc(F)c1. The highest BCUT2D eigenvalue weighted by molar-refractivity contribution is 5.85. The Hall–Kier alpha value is -0.350. The van der Waals surface area contributed by atoms with Gasteiger partial charge in [0, 0.05) is 25.0 Å². The maximum atomic E-state index is 12.9. The molecule has 2 nitrogen and oxygen atoms in total. The second-order valence-electron chi connectivity index (χ2n) is 3.48. The molecule has 5 heteroatoms. The summed E-state index contributed by atoms with van der Waals surface area (Å²) in [4.78, 5) is 0. The molecule has 0 spiro atoms. The lowest BCUT2D eigenvalue weighted by atomic mass is 9.95. The number of rotatable bonds is 1. The lowest BCUT2D eigenvalue weighted by Crippen LogP contribution is -2.27. The van der Waals surface area contributed by atoms with Crippen molar-refractivity contribution < 1.29 is 4.39 Å². The van der Waals surface area contributed by atoms with Crippen molar-refractivity contribution in [3.63, 3.8) is 0 Å². The van der Waals surface area contributed by atoms with Gasteiger partial charge in [-0.05, 0) is 17.7 Å². The first kappa shape index (κ1) is 14.6. The minimum absolute atomic E-state index is 0. The second-order valence-corrected chi connectivity index (χ2v) is 3.48. The molecule has 0 saturated carbocycles. The van der Waals surface area contributed by atoms with Crippen LogP contribution in [0.5, 0.6) is 0 Å². The van der Waals surface area contributed by atoms with Gasteiger partial charge in [0.05, 0.1) is 0 Å². The molecule has 1 saturated heterocycles. The molecule has 0 bridgehead atoms. The van der Waals surface area contributed by atoms with E-state index in [1.165, 1.54) is 6.07 Å². The van der Waals surface area contributed by atoms with Gasteiger partial charge in [-0.15, -0.1) is 24.8 Å². The summed E-state index contributed by atoms with van der Waals surface area (Å²) in [6.07, 6.45) is 0. The molecule has 86 valence electrons. The molecule has 1 aliphatic rings. The summed E-state index contributed by atoms with van der Waals surface area (Å²) in [6.45, 7) is 1.67. The van der Waals surface area contributed by atoms with E-state index >= 15 is 0 Å². The molecule has 3 N–H and O–H groups in total. The maximum Gasteiger partial charge on any atom is 0.123 e. The van der Waals surface area contributed by atoms with Crippen LogP contribution in [0.1, 0.15) is 11.5 Å². The van der Waals surface area contributed by atoms with Crippen molar-refractivity contribution in [2.45, 2.75) is 12.0 Å². The number of nitrogens with one attached hydrogen (secondary N) is 1. The van der Waals surface area contributed by atoms with Crippen molar-refractivity contribution in [1.82, 2.24) is 5.32 Å². The topological polar surface area (TPSA) is 38.0 Å². The van der Waals surface area contributed by atoms with Crippen LogP contribution in [-0.2, 0) is 0 Å². The van der Waals surface area contributed by atoms with Crippen molar-refractivity contribution in [3.8, 4) is 0 Å². The van der Waals surface area contributed by atoms with E-state index in [2.05, 4.69) is 5.32 Å². The van der Waals surface area contributed by atoms with E-state index in [9.17, 15) is 4.39 Å². The van der Waals surface area contributed by atoms with Gasteiger partial charge in [-0.1, -0.05) is 12.1 Å². The van der Waals surface area contributed by atoms with Crippen molar-refractivity contribution >= 4 is 24.8 Å². The Bertz CT molecular complexity index is 309. The number of hydrogen-bond acceptors (Lipinski definition) is 2. The summed E-state index contributed by atoms with van der Waals surface area (Å²) in [5.74, 6) is 0.0762. The molecule has 1 heterocycles. The Labute approximate surface area is 101 Å². The summed E-state index contributed by atoms with van der Waals surface area (Å²) in [7, 11) is 0. The minimum Gasteiger partial charge on any atom is -0.326 e. The molecular weight excluding hydrogens is 238 g/mol. The molecule has 1 aliphatic heterocycles. The molecule has 2 atom stereocenters. The second kappa shape index (κ2) is 6.28. The third-order valence-corrected chi connectivity index (χ3v) is 2.54. The Morgan fingerprint density at radius 2 is 2.00 bits per heavy atom. The van der Waals surface area contributed by atoms with Gasteiger partial charge in [-0.2, -0.15) is 0 Å². The van der Waals surface area contributed by atoms with Crippen LogP contribution >= 0.6 is 24.8 Å². The van der Waals surface area contributed by atoms with E-state index in [1.807, 2.05) is 6.07 Å². The van der Waals surface area contributed by atoms with Gasteiger partial charge in [0.1, 0.15) is 5.82 Å². The molecule has 2 rings (SSSR count). The Morgan fingerprint density at radius 3 is 2.53 bits per heavy atom. The van der Waals surface area contributed by atoms with Crippen LogP contribution in [0.4, 0.5) is 4.39 Å². The largest absolute Gasteiger partial charge is 0.326 e. The van der Waals surface area contributed by atoms with Crippen molar-refractivity contribution in [2.24, 2.45) is 5.73 Å². The quantitative estimate of drug-likeness (QED) is 0.799. The minimum atomic E-state index is -0.184. The van der Waals surface area contributed by atoms with E-state index in [1.54, 1.807) is 12.1 Å². The molecular formula is C10H15Cl2FN2. The summed E-state index contributed by atoms with van der Waals surface area (Å²) < 4.78 is 12.9. The third-order valence-electron chi connectivity index (χ3n) is 2.54. The van der Waals surface area contributed by atoms with Crippen LogP contribution in [0.15, 0.2) is 24.3 Å². The molecule has 0 radical (unpaired) electrons. The molecule has 0 aliphatic carbocycles. The first-order valence-electron chi connectivity index (χ1n) is 4.49. The lowest BCUT2D eigenvalue weighted by molar-refractivity contribution is 0.611. The monoisotopic (exact) mass is 252 g/mol. The fraction of sp³-hybridized carbons (Fsp3) is 0.400. The van der Waals surface area contributed by atoms with Crippen LogP contribution in [-0.4, -0.2) is 19.1 Å². The first-order valence-corrected chi connectivity index (χ1v) is 4.49. The highest BCUT2D eigenvalue weighted by atomic mass is 35.5. The average Bonchev–Trinajstić information content (AvgIpc) is 2.51. The highest BCUT2D eigenvalue weighted by Crippen LogP contribution is 2.21. The van der Waals surface area contributed by atoms with Crippen molar-refractivity contribution in [3.05, 3.63) is 35.6 Å². The molecule has 0 amide bonds. The molecule has 1 aromatic carbocycles. The van der Waals surface area contributed by atoms with E-state index in [4.69, 9.17) is 5.73 Å². The number of benzene rings is 1. The third kappa shape index (κ3) is 3.31. The van der Waals surface area contributed by atoms with E-state index in [0.29, 0.717) is 0 Å². The number of nitrogens with two attached hydrogens (primary N) is 1. The Morgan fingerprint density at radius 1 is 1.27 bits per heavy atom. The zero-order valence-electron chi connectivity index (χ0n) is 8.15. The van der Waals surface area contributed by atoms with Crippen LogP contribution in [0, 0.1) is 5.82 Å². The zero-order chi connectivity index (χ0) is 9.26. The molecule has 2 unspecified atom stereocenters. The van der Waals surface area contributed by atoms with Crippen molar-refractivity contribution in [2.75, 3.05) is 13.1 Å². The summed E-state index contributed by atoms with van der Waals surface area (Å²) >= 11 is 0. The first-order chi connectivity index (χ1) is 6.27. The van der Waals surface area contributed by atoms with Gasteiger partial charge >= 0.3 is 0 Å². The van der Waals surface area contributed by atoms with Gasteiger partial charge in [-0.25, -0.2) is 4.39 Å². The van der Waals surface area contributed by atoms with Crippen LogP contribution in [0.25, 0.3) is 0 Å². The molecule has 1 fully saturated rings. The summed E-state index contributed by atoms with van der Waals surface area (Å²) in [6, 6.07) is 6.80. The predicted molar refractivity (Wildman–Crippen MR) is 64.5 cm³/mol. The Balaban J connectivity index is 0.000000980. The van der Waals surface area contributed by atoms with Gasteiger partial charge in [0.25, 0.3) is 0 Å². The van der Waals surface area contributed by atoms with Gasteiger partial charge in [0.2, 0.25) is 0 Å². The summed E-state index contributed by atoms with van der Waals surface area (Å²) in [5.41, 5.74) is 6.87. The van der Waals surface area contributed by atoms with E-state index in [-0.39, 0.29) is 42.6 Å². The Kier molecular flexibility index (Phi) is 6.13. The highest BCUT2D eigenvalue weighted by Gasteiger charge is 2.24. The summed E-state index contributed by atoms with van der Waals surface area (Å²) in [5, 5.41) is 3.19. The molecule has 15 heavy (non-hydrogen) atoms. The zero-order valence-corrected chi connectivity index (χ0v) is 9.78. The number of halogens is 3. The molecule has 1 aromatic rings. The van der Waals surface area contributed by atoms with Crippen molar-refractivity contribution in [1.29, 1.82) is 0 Å². The normalized spacial score (nSPS) is 24.1. The van der Waals surface area contributed by atoms with Crippen LogP contribution in [0.2, 0.25) is 0 Å². The van der Waals surface area contributed by atoms with E-state index in [0.717, 1.165) is 18.7 Å². The fourth-order valence-corrected chi connectivity index (χ4v) is 1.80. The van der Waals surface area contributed by atoms with Crippen LogP contribution < -0.4 is 11.1 Å². The maximum absolute atomic E-state index is 12.9. The fourth-order valence-electron chi connectivity index (χ4n) is 1.80. The van der Waals surface area contributed by atoms with Gasteiger partial charge in [-0.3, -0.25) is 0 Å². The van der Waals surface area contributed by atoms with E-state index < -0.39 is 0 Å². The molecule has 0 aromatic heterocycles. The van der Waals surface area contributed by atoms with Crippen LogP contribution in [0.3, 0.4) is 0 Å². The van der Waals surface area contributed by atoms with Gasteiger partial charge in [0.15, 0.2) is 0 Å².